The molecule has 2 heterocycles. The number of carbonyl (C=O) groups is 3. The average molecular weight is 473 g/mol. The van der Waals surface area contributed by atoms with Crippen LogP contribution < -0.4 is 10.2 Å². The van der Waals surface area contributed by atoms with Crippen LogP contribution in [0, 0.1) is 12.8 Å². The maximum atomic E-state index is 12.6. The summed E-state index contributed by atoms with van der Waals surface area (Å²) in [5, 5.41) is 2.88. The smallest absolute Gasteiger partial charge is 0.340 e. The summed E-state index contributed by atoms with van der Waals surface area (Å²) in [4.78, 5) is 47.7. The van der Waals surface area contributed by atoms with Gasteiger partial charge in [-0.2, -0.15) is 0 Å². The number of nitrogens with one attached hydrogen (secondary N) is 1. The highest BCUT2D eigenvalue weighted by atomic mass is 16.5. The van der Waals surface area contributed by atoms with Gasteiger partial charge in [0.2, 0.25) is 5.91 Å². The van der Waals surface area contributed by atoms with E-state index in [9.17, 15) is 14.4 Å². The SMILES string of the molecule is COC(=O)c1cc(-c2ccc(C(=O)NCc3cccnc3C)cn2)ccc1N(CC1CC1)C(C)=O. The number of benzene rings is 1. The van der Waals surface area contributed by atoms with Crippen LogP contribution in [0.25, 0.3) is 11.3 Å². The minimum Gasteiger partial charge on any atom is -0.465 e. The molecule has 0 spiro atoms. The fraction of sp³-hybridized carbons (Fsp3) is 0.296. The van der Waals surface area contributed by atoms with Crippen molar-refractivity contribution in [2.75, 3.05) is 18.6 Å². The van der Waals surface area contributed by atoms with Gasteiger partial charge >= 0.3 is 5.97 Å². The molecule has 8 heteroatoms. The van der Waals surface area contributed by atoms with E-state index in [1.807, 2.05) is 25.1 Å². The number of carbonyl (C=O) groups excluding carboxylic acids is 3. The molecule has 3 aromatic rings. The van der Waals surface area contributed by atoms with Gasteiger partial charge in [0.15, 0.2) is 0 Å². The molecule has 180 valence electrons. The minimum atomic E-state index is -0.523. The molecule has 2 amide bonds. The number of esters is 1. The monoisotopic (exact) mass is 472 g/mol. The van der Waals surface area contributed by atoms with Crippen LogP contribution in [0.1, 0.15) is 51.7 Å². The summed E-state index contributed by atoms with van der Waals surface area (Å²) < 4.78 is 4.99. The summed E-state index contributed by atoms with van der Waals surface area (Å²) in [6.45, 7) is 4.35. The van der Waals surface area contributed by atoms with E-state index in [-0.39, 0.29) is 11.8 Å². The number of aryl methyl sites for hydroxylation is 1. The van der Waals surface area contributed by atoms with Gasteiger partial charge in [0.25, 0.3) is 5.91 Å². The standard InChI is InChI=1S/C27H28N4O4/c1-17-21(5-4-12-28-17)14-30-26(33)22-8-10-24(29-15-22)20-9-11-25(23(13-20)27(34)35-3)31(18(2)32)16-19-6-7-19/h4-5,8-13,15,19H,6-7,14,16H2,1-3H3,(H,30,33). The largest absolute Gasteiger partial charge is 0.465 e. The van der Waals surface area contributed by atoms with Crippen LogP contribution in [0.3, 0.4) is 0 Å². The molecular weight excluding hydrogens is 444 g/mol. The van der Waals surface area contributed by atoms with Gasteiger partial charge in [-0.25, -0.2) is 4.79 Å². The van der Waals surface area contributed by atoms with Gasteiger partial charge in [0.1, 0.15) is 0 Å². The predicted molar refractivity (Wildman–Crippen MR) is 132 cm³/mol. The number of methoxy groups -OCH3 is 1. The van der Waals surface area contributed by atoms with Crippen molar-refractivity contribution in [3.63, 3.8) is 0 Å². The van der Waals surface area contributed by atoms with E-state index in [1.165, 1.54) is 20.2 Å². The number of pyridine rings is 2. The fourth-order valence-electron chi connectivity index (χ4n) is 3.84. The van der Waals surface area contributed by atoms with Crippen molar-refractivity contribution >= 4 is 23.5 Å². The van der Waals surface area contributed by atoms with Crippen LogP contribution in [0.5, 0.6) is 0 Å². The van der Waals surface area contributed by atoms with E-state index in [2.05, 4.69) is 15.3 Å². The number of hydrogen-bond acceptors (Lipinski definition) is 6. The van der Waals surface area contributed by atoms with Gasteiger partial charge in [-0.3, -0.25) is 19.6 Å². The number of rotatable bonds is 8. The quantitative estimate of drug-likeness (QED) is 0.499. The third-order valence-electron chi connectivity index (χ3n) is 6.09. The zero-order valence-electron chi connectivity index (χ0n) is 20.1. The molecule has 4 rings (SSSR count). The van der Waals surface area contributed by atoms with Crippen LogP contribution in [0.2, 0.25) is 0 Å². The summed E-state index contributed by atoms with van der Waals surface area (Å²) >= 11 is 0. The highest BCUT2D eigenvalue weighted by Gasteiger charge is 2.29. The van der Waals surface area contributed by atoms with E-state index < -0.39 is 5.97 Å². The molecule has 1 saturated carbocycles. The highest BCUT2D eigenvalue weighted by Crippen LogP contribution is 2.34. The van der Waals surface area contributed by atoms with E-state index in [4.69, 9.17) is 4.74 Å². The van der Waals surface area contributed by atoms with Crippen molar-refractivity contribution < 1.29 is 19.1 Å². The van der Waals surface area contributed by atoms with Crippen molar-refractivity contribution in [3.05, 3.63) is 77.2 Å². The molecule has 1 aliphatic rings. The van der Waals surface area contributed by atoms with E-state index in [1.54, 1.807) is 35.4 Å². The van der Waals surface area contributed by atoms with Crippen LogP contribution in [0.15, 0.2) is 54.9 Å². The lowest BCUT2D eigenvalue weighted by Gasteiger charge is -2.23. The Kier molecular flexibility index (Phi) is 7.19. The summed E-state index contributed by atoms with van der Waals surface area (Å²) in [6, 6.07) is 12.4. The number of hydrogen-bond donors (Lipinski definition) is 1. The summed E-state index contributed by atoms with van der Waals surface area (Å²) in [5.74, 6) is -0.420. The maximum Gasteiger partial charge on any atom is 0.340 e. The normalized spacial score (nSPS) is 12.7. The Morgan fingerprint density at radius 1 is 1.11 bits per heavy atom. The molecule has 0 unspecified atom stereocenters. The number of ether oxygens (including phenoxy) is 1. The van der Waals surface area contributed by atoms with Gasteiger partial charge in [-0.05, 0) is 61.6 Å². The summed E-state index contributed by atoms with van der Waals surface area (Å²) in [6.07, 6.45) is 5.38. The molecule has 1 aliphatic carbocycles. The lowest BCUT2D eigenvalue weighted by molar-refractivity contribution is -0.116. The molecule has 0 atom stereocenters. The first-order chi connectivity index (χ1) is 16.9. The third-order valence-corrected chi connectivity index (χ3v) is 6.09. The fourth-order valence-corrected chi connectivity index (χ4v) is 3.84. The first-order valence-electron chi connectivity index (χ1n) is 11.5. The average Bonchev–Trinajstić information content (AvgIpc) is 3.70. The lowest BCUT2D eigenvalue weighted by atomic mass is 10.0. The molecule has 1 fully saturated rings. The van der Waals surface area contributed by atoms with Crippen LogP contribution in [0.4, 0.5) is 5.69 Å². The molecule has 0 bridgehead atoms. The van der Waals surface area contributed by atoms with Crippen molar-refractivity contribution in [1.29, 1.82) is 0 Å². The second-order valence-corrected chi connectivity index (χ2v) is 8.66. The highest BCUT2D eigenvalue weighted by molar-refractivity contribution is 6.03. The molecule has 0 radical (unpaired) electrons. The Hall–Kier alpha value is -4.07. The minimum absolute atomic E-state index is 0.121. The molecule has 8 nitrogen and oxygen atoms in total. The second kappa shape index (κ2) is 10.5. The lowest BCUT2D eigenvalue weighted by Crippen LogP contribution is -2.32. The Bertz CT molecular complexity index is 1250. The molecule has 0 aliphatic heterocycles. The van der Waals surface area contributed by atoms with E-state index in [0.29, 0.717) is 47.1 Å². The van der Waals surface area contributed by atoms with Crippen LogP contribution in [-0.4, -0.2) is 41.4 Å². The molecule has 0 saturated heterocycles. The number of aromatic nitrogens is 2. The number of amides is 2. The van der Waals surface area contributed by atoms with E-state index >= 15 is 0 Å². The Morgan fingerprint density at radius 3 is 2.54 bits per heavy atom. The summed E-state index contributed by atoms with van der Waals surface area (Å²) in [7, 11) is 1.32. The van der Waals surface area contributed by atoms with Crippen LogP contribution >= 0.6 is 0 Å². The van der Waals surface area contributed by atoms with Crippen molar-refractivity contribution in [1.82, 2.24) is 15.3 Å². The van der Waals surface area contributed by atoms with Gasteiger partial charge in [0, 0.05) is 43.7 Å². The zero-order chi connectivity index (χ0) is 24.9. The summed E-state index contributed by atoms with van der Waals surface area (Å²) in [5.41, 5.74) is 4.35. The molecule has 35 heavy (non-hydrogen) atoms. The van der Waals surface area contributed by atoms with Gasteiger partial charge in [0.05, 0.1) is 29.6 Å². The Morgan fingerprint density at radius 2 is 1.91 bits per heavy atom. The first-order valence-corrected chi connectivity index (χ1v) is 11.5. The van der Waals surface area contributed by atoms with Gasteiger partial charge in [-0.15, -0.1) is 0 Å². The van der Waals surface area contributed by atoms with E-state index in [0.717, 1.165) is 24.1 Å². The molecule has 2 aromatic heterocycles. The first kappa shape index (κ1) is 24.1. The second-order valence-electron chi connectivity index (χ2n) is 8.66. The van der Waals surface area contributed by atoms with Crippen molar-refractivity contribution in [2.24, 2.45) is 5.92 Å². The molecule has 1 aromatic carbocycles. The Balaban J connectivity index is 1.54. The maximum absolute atomic E-state index is 12.6. The number of anilines is 1. The van der Waals surface area contributed by atoms with Gasteiger partial charge < -0.3 is 15.0 Å². The van der Waals surface area contributed by atoms with Crippen LogP contribution in [-0.2, 0) is 16.1 Å². The third kappa shape index (κ3) is 5.71. The molecular formula is C27H28N4O4. The van der Waals surface area contributed by atoms with Crippen molar-refractivity contribution in [3.8, 4) is 11.3 Å². The predicted octanol–water partition coefficient (Wildman–Crippen LogP) is 3.93. The topological polar surface area (TPSA) is 101 Å². The number of nitrogens with zero attached hydrogens (tertiary/aromatic N) is 3. The Labute approximate surface area is 204 Å². The van der Waals surface area contributed by atoms with Crippen molar-refractivity contribution in [2.45, 2.75) is 33.2 Å². The van der Waals surface area contributed by atoms with Gasteiger partial charge in [-0.1, -0.05) is 12.1 Å². The zero-order valence-corrected chi connectivity index (χ0v) is 20.1. The molecule has 1 N–H and O–H groups in total.